The van der Waals surface area contributed by atoms with Crippen molar-refractivity contribution < 1.29 is 18.6 Å². The van der Waals surface area contributed by atoms with Crippen molar-refractivity contribution in [3.8, 4) is 23.3 Å². The van der Waals surface area contributed by atoms with Crippen LogP contribution in [0.25, 0.3) is 10.9 Å². The van der Waals surface area contributed by atoms with Gasteiger partial charge in [-0.3, -0.25) is 4.90 Å². The van der Waals surface area contributed by atoms with E-state index in [-0.39, 0.29) is 12.3 Å². The predicted molar refractivity (Wildman–Crippen MR) is 121 cm³/mol. The van der Waals surface area contributed by atoms with Crippen molar-refractivity contribution in [2.75, 3.05) is 51.9 Å². The zero-order chi connectivity index (χ0) is 22.3. The van der Waals surface area contributed by atoms with Gasteiger partial charge in [-0.2, -0.15) is 0 Å². The van der Waals surface area contributed by atoms with E-state index in [0.29, 0.717) is 39.8 Å². The fourth-order valence-electron chi connectivity index (χ4n) is 3.25. The van der Waals surface area contributed by atoms with E-state index < -0.39 is 5.82 Å². The van der Waals surface area contributed by atoms with E-state index in [1.807, 2.05) is 0 Å². The van der Waals surface area contributed by atoms with Crippen LogP contribution in [0.15, 0.2) is 36.7 Å². The standard InChI is InChI=1S/C23H22ClFN4O3/c1-30-21-13-17-20(14-22(21)32-9-3-2-6-29-7-10-31-11-8-29)26-15-27-23(17)28-19-5-4-16(24)12-18(19)25/h4-5,12-15H,6-11H2,1H3,(H,26,27,28). The molecule has 1 aliphatic rings. The average Bonchev–Trinajstić information content (AvgIpc) is 2.81. The molecule has 0 atom stereocenters. The predicted octanol–water partition coefficient (Wildman–Crippen LogP) is 3.89. The highest BCUT2D eigenvalue weighted by Gasteiger charge is 2.13. The first kappa shape index (κ1) is 22.1. The lowest BCUT2D eigenvalue weighted by molar-refractivity contribution is 0.0443. The van der Waals surface area contributed by atoms with Gasteiger partial charge in [-0.05, 0) is 24.3 Å². The Balaban J connectivity index is 1.50. The Morgan fingerprint density at radius 3 is 2.78 bits per heavy atom. The number of hydrogen-bond acceptors (Lipinski definition) is 7. The van der Waals surface area contributed by atoms with Gasteiger partial charge in [0.15, 0.2) is 11.5 Å². The van der Waals surface area contributed by atoms with Gasteiger partial charge in [0, 0.05) is 29.6 Å². The number of methoxy groups -OCH3 is 1. The molecular weight excluding hydrogens is 435 g/mol. The van der Waals surface area contributed by atoms with Crippen LogP contribution >= 0.6 is 11.6 Å². The first-order valence-electron chi connectivity index (χ1n) is 10.1. The molecule has 0 spiro atoms. The number of nitrogens with one attached hydrogen (secondary N) is 1. The molecule has 2 heterocycles. The number of benzene rings is 2. The molecular formula is C23H22ClFN4O3. The van der Waals surface area contributed by atoms with Crippen LogP contribution < -0.4 is 14.8 Å². The number of fused-ring (bicyclic) bond motifs is 1. The van der Waals surface area contributed by atoms with Crippen molar-refractivity contribution in [1.82, 2.24) is 14.9 Å². The highest BCUT2D eigenvalue weighted by Crippen LogP contribution is 2.35. The summed E-state index contributed by atoms with van der Waals surface area (Å²) in [6.07, 6.45) is 1.40. The quantitative estimate of drug-likeness (QED) is 0.564. The Morgan fingerprint density at radius 2 is 2.00 bits per heavy atom. The molecule has 0 bridgehead atoms. The minimum absolute atomic E-state index is 0.221. The van der Waals surface area contributed by atoms with Gasteiger partial charge >= 0.3 is 0 Å². The molecule has 1 fully saturated rings. The van der Waals surface area contributed by atoms with Crippen LogP contribution in [0, 0.1) is 17.7 Å². The molecule has 1 N–H and O–H groups in total. The molecule has 0 amide bonds. The van der Waals surface area contributed by atoms with Crippen LogP contribution in [0.1, 0.15) is 0 Å². The molecule has 32 heavy (non-hydrogen) atoms. The van der Waals surface area contributed by atoms with Crippen molar-refractivity contribution >= 4 is 34.0 Å². The summed E-state index contributed by atoms with van der Waals surface area (Å²) in [5.74, 6) is 7.12. The second-order valence-corrected chi connectivity index (χ2v) is 7.46. The topological polar surface area (TPSA) is 68.7 Å². The minimum atomic E-state index is -0.480. The fourth-order valence-corrected chi connectivity index (χ4v) is 3.41. The summed E-state index contributed by atoms with van der Waals surface area (Å²) in [4.78, 5) is 10.8. The number of rotatable bonds is 6. The lowest BCUT2D eigenvalue weighted by Crippen LogP contribution is -2.36. The second-order valence-electron chi connectivity index (χ2n) is 7.02. The van der Waals surface area contributed by atoms with E-state index in [9.17, 15) is 4.39 Å². The molecule has 4 rings (SSSR count). The Labute approximate surface area is 190 Å². The third kappa shape index (κ3) is 5.37. The Morgan fingerprint density at radius 1 is 1.16 bits per heavy atom. The summed E-state index contributed by atoms with van der Waals surface area (Å²) in [6, 6.07) is 7.89. The molecule has 3 aromatic rings. The van der Waals surface area contributed by atoms with E-state index >= 15 is 0 Å². The fraction of sp³-hybridized carbons (Fsp3) is 0.304. The third-order valence-corrected chi connectivity index (χ3v) is 5.17. The van der Waals surface area contributed by atoms with Crippen LogP contribution in [-0.2, 0) is 4.74 Å². The normalized spacial score (nSPS) is 14.0. The zero-order valence-electron chi connectivity index (χ0n) is 17.5. The summed E-state index contributed by atoms with van der Waals surface area (Å²) in [5.41, 5.74) is 0.873. The van der Waals surface area contributed by atoms with Crippen LogP contribution in [0.5, 0.6) is 11.5 Å². The van der Waals surface area contributed by atoms with Crippen molar-refractivity contribution in [3.05, 3.63) is 47.5 Å². The SMILES string of the molecule is COc1cc2c(Nc3ccc(Cl)cc3F)ncnc2cc1OCC#CCN1CCOCC1. The monoisotopic (exact) mass is 456 g/mol. The number of halogens is 2. The van der Waals surface area contributed by atoms with Gasteiger partial charge in [-0.25, -0.2) is 14.4 Å². The molecule has 1 saturated heterocycles. The Kier molecular flexibility index (Phi) is 7.22. The highest BCUT2D eigenvalue weighted by molar-refractivity contribution is 6.30. The molecule has 166 valence electrons. The number of morpholine rings is 1. The molecule has 1 aromatic heterocycles. The van der Waals surface area contributed by atoms with E-state index in [1.165, 1.54) is 12.4 Å². The Bertz CT molecular complexity index is 1160. The van der Waals surface area contributed by atoms with Gasteiger partial charge in [0.2, 0.25) is 0 Å². The molecule has 9 heteroatoms. The van der Waals surface area contributed by atoms with E-state index in [1.54, 1.807) is 31.4 Å². The molecule has 7 nitrogen and oxygen atoms in total. The summed E-state index contributed by atoms with van der Waals surface area (Å²) in [6.45, 7) is 4.18. The number of ether oxygens (including phenoxy) is 3. The van der Waals surface area contributed by atoms with Gasteiger partial charge in [-0.1, -0.05) is 23.4 Å². The van der Waals surface area contributed by atoms with E-state index in [0.717, 1.165) is 26.3 Å². The summed E-state index contributed by atoms with van der Waals surface area (Å²) in [7, 11) is 1.55. The minimum Gasteiger partial charge on any atom is -0.493 e. The zero-order valence-corrected chi connectivity index (χ0v) is 18.3. The lowest BCUT2D eigenvalue weighted by atomic mass is 10.2. The molecule has 1 aliphatic heterocycles. The Hall–Kier alpha value is -3.12. The maximum Gasteiger partial charge on any atom is 0.164 e. The first-order valence-corrected chi connectivity index (χ1v) is 10.5. The highest BCUT2D eigenvalue weighted by atomic mass is 35.5. The average molecular weight is 457 g/mol. The van der Waals surface area contributed by atoms with Gasteiger partial charge in [0.25, 0.3) is 0 Å². The van der Waals surface area contributed by atoms with Gasteiger partial charge in [0.1, 0.15) is 24.6 Å². The van der Waals surface area contributed by atoms with Crippen molar-refractivity contribution in [2.45, 2.75) is 0 Å². The van der Waals surface area contributed by atoms with Crippen LogP contribution in [0.4, 0.5) is 15.9 Å². The molecule has 2 aromatic carbocycles. The third-order valence-electron chi connectivity index (χ3n) is 4.94. The molecule has 0 saturated carbocycles. The first-order chi connectivity index (χ1) is 15.6. The maximum atomic E-state index is 14.2. The largest absolute Gasteiger partial charge is 0.493 e. The smallest absolute Gasteiger partial charge is 0.164 e. The lowest BCUT2D eigenvalue weighted by Gasteiger charge is -2.24. The summed E-state index contributed by atoms with van der Waals surface area (Å²) in [5, 5.41) is 3.96. The van der Waals surface area contributed by atoms with Crippen molar-refractivity contribution in [1.29, 1.82) is 0 Å². The molecule has 0 radical (unpaired) electrons. The number of nitrogens with zero attached hydrogens (tertiary/aromatic N) is 3. The number of anilines is 2. The summed E-state index contributed by atoms with van der Waals surface area (Å²) >= 11 is 5.83. The van der Waals surface area contributed by atoms with Gasteiger partial charge < -0.3 is 19.5 Å². The van der Waals surface area contributed by atoms with Crippen LogP contribution in [0.2, 0.25) is 5.02 Å². The number of aromatic nitrogens is 2. The van der Waals surface area contributed by atoms with Crippen molar-refractivity contribution in [3.63, 3.8) is 0 Å². The van der Waals surface area contributed by atoms with Crippen molar-refractivity contribution in [2.24, 2.45) is 0 Å². The van der Waals surface area contributed by atoms with Crippen LogP contribution in [-0.4, -0.2) is 61.4 Å². The van der Waals surface area contributed by atoms with Gasteiger partial charge in [-0.15, -0.1) is 0 Å². The van der Waals surface area contributed by atoms with Gasteiger partial charge in [0.05, 0.1) is 38.1 Å². The molecule has 0 unspecified atom stereocenters. The van der Waals surface area contributed by atoms with Crippen LogP contribution in [0.3, 0.4) is 0 Å². The molecule has 0 aliphatic carbocycles. The second kappa shape index (κ2) is 10.5. The van der Waals surface area contributed by atoms with E-state index in [2.05, 4.69) is 32.0 Å². The maximum absolute atomic E-state index is 14.2. The van der Waals surface area contributed by atoms with E-state index in [4.69, 9.17) is 25.8 Å². The summed E-state index contributed by atoms with van der Waals surface area (Å²) < 4.78 is 30.8. The number of hydrogen-bond donors (Lipinski definition) is 1.